The van der Waals surface area contributed by atoms with Crippen molar-refractivity contribution in [1.29, 1.82) is 5.26 Å². The summed E-state index contributed by atoms with van der Waals surface area (Å²) < 4.78 is 5.32. The molecular formula is C15H10Cl2N2O2. The van der Waals surface area contributed by atoms with Gasteiger partial charge in [0.05, 0.1) is 15.6 Å². The summed E-state index contributed by atoms with van der Waals surface area (Å²) in [5.41, 5.74) is 0.769. The standard InChI is InChI=1S/C15H10Cl2N2O2/c16-12-6-5-11(7-10(12)8-18)19-15(20)9-21-14-4-2-1-3-13(14)17/h1-7H,9H2,(H,19,20). The molecule has 0 saturated heterocycles. The van der Waals surface area contributed by atoms with Gasteiger partial charge in [-0.3, -0.25) is 4.79 Å². The Hall–Kier alpha value is -2.22. The molecule has 0 aliphatic heterocycles. The van der Waals surface area contributed by atoms with E-state index in [1.54, 1.807) is 36.4 Å². The van der Waals surface area contributed by atoms with Crippen LogP contribution in [0.4, 0.5) is 5.69 Å². The van der Waals surface area contributed by atoms with E-state index in [-0.39, 0.29) is 12.5 Å². The van der Waals surface area contributed by atoms with E-state index in [4.69, 9.17) is 33.2 Å². The van der Waals surface area contributed by atoms with Crippen molar-refractivity contribution < 1.29 is 9.53 Å². The lowest BCUT2D eigenvalue weighted by Crippen LogP contribution is -2.20. The molecule has 2 rings (SSSR count). The summed E-state index contributed by atoms with van der Waals surface area (Å²) in [6, 6.07) is 13.5. The molecule has 2 aromatic carbocycles. The molecule has 0 unspecified atom stereocenters. The number of carbonyl (C=O) groups excluding carboxylic acids is 1. The number of nitriles is 1. The van der Waals surface area contributed by atoms with Gasteiger partial charge in [0.25, 0.3) is 5.91 Å². The van der Waals surface area contributed by atoms with Gasteiger partial charge < -0.3 is 10.1 Å². The summed E-state index contributed by atoms with van der Waals surface area (Å²) in [4.78, 5) is 11.8. The predicted octanol–water partition coefficient (Wildman–Crippen LogP) is 3.88. The fourth-order valence-electron chi connectivity index (χ4n) is 1.59. The number of hydrogen-bond donors (Lipinski definition) is 1. The van der Waals surface area contributed by atoms with Crippen molar-refractivity contribution in [1.82, 2.24) is 0 Å². The molecule has 0 atom stereocenters. The maximum atomic E-state index is 11.8. The Morgan fingerprint density at radius 2 is 1.95 bits per heavy atom. The number of anilines is 1. The minimum atomic E-state index is -0.360. The second-order valence-electron chi connectivity index (χ2n) is 4.07. The van der Waals surface area contributed by atoms with Gasteiger partial charge in [-0.2, -0.15) is 5.26 Å². The lowest BCUT2D eigenvalue weighted by molar-refractivity contribution is -0.118. The van der Waals surface area contributed by atoms with Crippen molar-refractivity contribution in [2.75, 3.05) is 11.9 Å². The molecule has 1 amide bonds. The number of nitrogens with one attached hydrogen (secondary N) is 1. The largest absolute Gasteiger partial charge is 0.482 e. The zero-order valence-corrected chi connectivity index (χ0v) is 12.3. The van der Waals surface area contributed by atoms with E-state index in [1.165, 1.54) is 6.07 Å². The number of rotatable bonds is 4. The number of halogens is 2. The van der Waals surface area contributed by atoms with Gasteiger partial charge in [0, 0.05) is 5.69 Å². The summed E-state index contributed by atoms with van der Waals surface area (Å²) in [6.45, 7) is -0.186. The van der Waals surface area contributed by atoms with Crippen LogP contribution >= 0.6 is 23.2 Å². The molecule has 2 aromatic rings. The van der Waals surface area contributed by atoms with Gasteiger partial charge in [0.15, 0.2) is 6.61 Å². The SMILES string of the molecule is N#Cc1cc(NC(=O)COc2ccccc2Cl)ccc1Cl. The normalized spacial score (nSPS) is 9.76. The highest BCUT2D eigenvalue weighted by Gasteiger charge is 2.07. The van der Waals surface area contributed by atoms with E-state index in [2.05, 4.69) is 5.32 Å². The van der Waals surface area contributed by atoms with Crippen LogP contribution in [0.2, 0.25) is 10.0 Å². The highest BCUT2D eigenvalue weighted by molar-refractivity contribution is 6.32. The van der Waals surface area contributed by atoms with Gasteiger partial charge in [-0.25, -0.2) is 0 Å². The third-order valence-corrected chi connectivity index (χ3v) is 3.21. The molecule has 0 radical (unpaired) electrons. The molecule has 4 nitrogen and oxygen atoms in total. The van der Waals surface area contributed by atoms with Gasteiger partial charge in [0.1, 0.15) is 11.8 Å². The Kier molecular flexibility index (Phi) is 5.04. The van der Waals surface area contributed by atoms with Gasteiger partial charge in [0.2, 0.25) is 0 Å². The van der Waals surface area contributed by atoms with Crippen molar-refractivity contribution >= 4 is 34.8 Å². The molecule has 0 heterocycles. The number of ether oxygens (including phenoxy) is 1. The maximum Gasteiger partial charge on any atom is 0.262 e. The third kappa shape index (κ3) is 4.12. The van der Waals surface area contributed by atoms with Gasteiger partial charge in [-0.1, -0.05) is 35.3 Å². The molecular weight excluding hydrogens is 311 g/mol. The Labute approximate surface area is 131 Å². The Balaban J connectivity index is 1.96. The van der Waals surface area contributed by atoms with Crippen LogP contribution in [0, 0.1) is 11.3 Å². The summed E-state index contributed by atoms with van der Waals surface area (Å²) in [5, 5.41) is 12.3. The zero-order chi connectivity index (χ0) is 15.2. The number of nitrogens with zero attached hydrogens (tertiary/aromatic N) is 1. The highest BCUT2D eigenvalue weighted by atomic mass is 35.5. The number of carbonyl (C=O) groups is 1. The molecule has 0 aliphatic carbocycles. The number of hydrogen-bond acceptors (Lipinski definition) is 3. The van der Waals surface area contributed by atoms with Crippen molar-refractivity contribution in [3.8, 4) is 11.8 Å². The van der Waals surface area contributed by atoms with Crippen LogP contribution in [-0.4, -0.2) is 12.5 Å². The number of benzene rings is 2. The number of amides is 1. The van der Waals surface area contributed by atoms with Crippen molar-refractivity contribution in [3.05, 3.63) is 58.1 Å². The maximum absolute atomic E-state index is 11.8. The lowest BCUT2D eigenvalue weighted by Gasteiger charge is -2.09. The Bertz CT molecular complexity index is 711. The van der Waals surface area contributed by atoms with Crippen LogP contribution < -0.4 is 10.1 Å². The van der Waals surface area contributed by atoms with Crippen LogP contribution in [0.25, 0.3) is 0 Å². The average molecular weight is 321 g/mol. The summed E-state index contributed by atoms with van der Waals surface area (Å²) in [7, 11) is 0. The minimum absolute atomic E-state index is 0.186. The average Bonchev–Trinajstić information content (AvgIpc) is 2.48. The van der Waals surface area contributed by atoms with Crippen LogP contribution in [0.5, 0.6) is 5.75 Å². The molecule has 106 valence electrons. The first kappa shape index (κ1) is 15.2. The highest BCUT2D eigenvalue weighted by Crippen LogP contribution is 2.23. The van der Waals surface area contributed by atoms with Crippen LogP contribution in [-0.2, 0) is 4.79 Å². The van der Waals surface area contributed by atoms with Crippen LogP contribution in [0.15, 0.2) is 42.5 Å². The second kappa shape index (κ2) is 6.98. The topological polar surface area (TPSA) is 62.1 Å². The van der Waals surface area contributed by atoms with Gasteiger partial charge in [-0.15, -0.1) is 0 Å². The van der Waals surface area contributed by atoms with E-state index < -0.39 is 0 Å². The molecule has 0 bridgehead atoms. The lowest BCUT2D eigenvalue weighted by atomic mass is 10.2. The predicted molar refractivity (Wildman–Crippen MR) is 81.7 cm³/mol. The molecule has 0 spiro atoms. The second-order valence-corrected chi connectivity index (χ2v) is 4.89. The molecule has 0 saturated carbocycles. The molecule has 0 aliphatic rings. The van der Waals surface area contributed by atoms with E-state index in [0.29, 0.717) is 27.0 Å². The first-order chi connectivity index (χ1) is 10.1. The number of para-hydroxylation sites is 1. The van der Waals surface area contributed by atoms with E-state index in [0.717, 1.165) is 0 Å². The summed E-state index contributed by atoms with van der Waals surface area (Å²) in [5.74, 6) is 0.0734. The fourth-order valence-corrected chi connectivity index (χ4v) is 1.94. The Morgan fingerprint density at radius 3 is 2.67 bits per heavy atom. The monoisotopic (exact) mass is 320 g/mol. The first-order valence-electron chi connectivity index (χ1n) is 5.97. The van der Waals surface area contributed by atoms with Crippen molar-refractivity contribution in [2.24, 2.45) is 0 Å². The van der Waals surface area contributed by atoms with Crippen molar-refractivity contribution in [2.45, 2.75) is 0 Å². The molecule has 1 N–H and O–H groups in total. The third-order valence-electron chi connectivity index (χ3n) is 2.57. The molecule has 6 heteroatoms. The van der Waals surface area contributed by atoms with E-state index in [1.807, 2.05) is 6.07 Å². The minimum Gasteiger partial charge on any atom is -0.482 e. The van der Waals surface area contributed by atoms with E-state index >= 15 is 0 Å². The van der Waals surface area contributed by atoms with E-state index in [9.17, 15) is 4.79 Å². The molecule has 0 fully saturated rings. The van der Waals surface area contributed by atoms with Crippen molar-refractivity contribution in [3.63, 3.8) is 0 Å². The fraction of sp³-hybridized carbons (Fsp3) is 0.0667. The quantitative estimate of drug-likeness (QED) is 0.929. The zero-order valence-electron chi connectivity index (χ0n) is 10.8. The smallest absolute Gasteiger partial charge is 0.262 e. The Morgan fingerprint density at radius 1 is 1.19 bits per heavy atom. The van der Waals surface area contributed by atoms with Crippen LogP contribution in [0.3, 0.4) is 0 Å². The molecule has 21 heavy (non-hydrogen) atoms. The van der Waals surface area contributed by atoms with Gasteiger partial charge >= 0.3 is 0 Å². The van der Waals surface area contributed by atoms with Crippen LogP contribution in [0.1, 0.15) is 5.56 Å². The first-order valence-corrected chi connectivity index (χ1v) is 6.72. The molecule has 0 aromatic heterocycles. The van der Waals surface area contributed by atoms with Gasteiger partial charge in [-0.05, 0) is 30.3 Å². The summed E-state index contributed by atoms with van der Waals surface area (Å²) >= 11 is 11.7. The summed E-state index contributed by atoms with van der Waals surface area (Å²) in [6.07, 6.45) is 0.